The molecule has 3 heterocycles. The van der Waals surface area contributed by atoms with Crippen LogP contribution in [0.5, 0.6) is 0 Å². The van der Waals surface area contributed by atoms with Crippen LogP contribution in [0, 0.1) is 6.92 Å². The van der Waals surface area contributed by atoms with Gasteiger partial charge in [-0.2, -0.15) is 0 Å². The molecule has 0 aliphatic carbocycles. The van der Waals surface area contributed by atoms with Gasteiger partial charge in [0.25, 0.3) is 5.91 Å². The van der Waals surface area contributed by atoms with Crippen LogP contribution in [-0.4, -0.2) is 84.6 Å². The Bertz CT molecular complexity index is 823. The molecule has 7 nitrogen and oxygen atoms in total. The Morgan fingerprint density at radius 1 is 0.931 bits per heavy atom. The van der Waals surface area contributed by atoms with Gasteiger partial charge in [0.15, 0.2) is 0 Å². The van der Waals surface area contributed by atoms with E-state index in [2.05, 4.69) is 62.8 Å². The van der Waals surface area contributed by atoms with Gasteiger partial charge in [0.05, 0.1) is 5.56 Å². The van der Waals surface area contributed by atoms with E-state index in [9.17, 15) is 4.79 Å². The summed E-state index contributed by atoms with van der Waals surface area (Å²) < 4.78 is 0. The van der Waals surface area contributed by atoms with Gasteiger partial charge in [-0.3, -0.25) is 4.79 Å². The van der Waals surface area contributed by atoms with E-state index >= 15 is 0 Å². The largest absolute Gasteiger partial charge is 0.368 e. The van der Waals surface area contributed by atoms with Crippen molar-refractivity contribution in [2.45, 2.75) is 13.8 Å². The normalized spacial score (nSPS) is 18.2. The Morgan fingerprint density at radius 2 is 1.59 bits per heavy atom. The van der Waals surface area contributed by atoms with Crippen molar-refractivity contribution in [1.82, 2.24) is 19.8 Å². The summed E-state index contributed by atoms with van der Waals surface area (Å²) in [5.41, 5.74) is 3.14. The first-order valence-corrected chi connectivity index (χ1v) is 10.5. The molecule has 1 amide bonds. The first-order chi connectivity index (χ1) is 14.1. The number of carbonyl (C=O) groups excluding carboxylic acids is 1. The number of carbonyl (C=O) groups is 1. The maximum atomic E-state index is 12.7. The van der Waals surface area contributed by atoms with Crippen molar-refractivity contribution in [1.29, 1.82) is 0 Å². The molecule has 0 radical (unpaired) electrons. The Kier molecular flexibility index (Phi) is 5.94. The van der Waals surface area contributed by atoms with Crippen LogP contribution in [0.25, 0.3) is 0 Å². The maximum absolute atomic E-state index is 12.7. The number of rotatable bonds is 4. The lowest BCUT2D eigenvalue weighted by atomic mass is 10.2. The molecule has 29 heavy (non-hydrogen) atoms. The number of hydrogen-bond acceptors (Lipinski definition) is 6. The Balaban J connectivity index is 1.33. The van der Waals surface area contributed by atoms with Crippen LogP contribution in [0.15, 0.2) is 36.7 Å². The number of benzene rings is 1. The molecule has 2 aliphatic rings. The van der Waals surface area contributed by atoms with E-state index in [1.54, 1.807) is 12.4 Å². The molecule has 2 saturated heterocycles. The topological polar surface area (TPSA) is 55.8 Å². The Hall–Kier alpha value is -2.67. The van der Waals surface area contributed by atoms with Crippen molar-refractivity contribution < 1.29 is 4.79 Å². The number of nitrogens with zero attached hydrogens (tertiary/aromatic N) is 6. The highest BCUT2D eigenvalue weighted by Crippen LogP contribution is 2.19. The van der Waals surface area contributed by atoms with Crippen molar-refractivity contribution in [2.75, 3.05) is 68.7 Å². The minimum Gasteiger partial charge on any atom is -0.368 e. The molecule has 7 heteroatoms. The van der Waals surface area contributed by atoms with Crippen molar-refractivity contribution in [3.05, 3.63) is 47.8 Å². The summed E-state index contributed by atoms with van der Waals surface area (Å²) in [5.74, 6) is 0.748. The van der Waals surface area contributed by atoms with Crippen LogP contribution in [0.2, 0.25) is 0 Å². The highest BCUT2D eigenvalue weighted by molar-refractivity contribution is 5.93. The molecule has 0 N–H and O–H groups in total. The molecule has 2 aromatic rings. The van der Waals surface area contributed by atoms with Crippen LogP contribution < -0.4 is 9.80 Å². The first-order valence-electron chi connectivity index (χ1n) is 10.5. The highest BCUT2D eigenvalue weighted by atomic mass is 16.2. The van der Waals surface area contributed by atoms with Crippen LogP contribution in [0.3, 0.4) is 0 Å². The van der Waals surface area contributed by atoms with Gasteiger partial charge >= 0.3 is 0 Å². The van der Waals surface area contributed by atoms with E-state index in [0.29, 0.717) is 11.5 Å². The third-order valence-corrected chi connectivity index (χ3v) is 5.92. The average molecular weight is 395 g/mol. The van der Waals surface area contributed by atoms with E-state index < -0.39 is 0 Å². The number of anilines is 2. The summed E-state index contributed by atoms with van der Waals surface area (Å²) >= 11 is 0. The van der Waals surface area contributed by atoms with E-state index in [0.717, 1.165) is 58.9 Å². The van der Waals surface area contributed by atoms with E-state index in [1.807, 2.05) is 4.90 Å². The third kappa shape index (κ3) is 4.50. The fraction of sp³-hybridized carbons (Fsp3) is 0.500. The molecule has 0 saturated carbocycles. The van der Waals surface area contributed by atoms with E-state index in [-0.39, 0.29) is 5.91 Å². The second-order valence-corrected chi connectivity index (χ2v) is 7.81. The summed E-state index contributed by atoms with van der Waals surface area (Å²) in [6.45, 7) is 12.4. The van der Waals surface area contributed by atoms with Crippen LogP contribution in [0.4, 0.5) is 11.6 Å². The fourth-order valence-corrected chi connectivity index (χ4v) is 4.03. The molecule has 1 aromatic carbocycles. The number of piperazine rings is 2. The van der Waals surface area contributed by atoms with Crippen molar-refractivity contribution in [2.24, 2.45) is 0 Å². The van der Waals surface area contributed by atoms with Gasteiger partial charge in [0.1, 0.15) is 0 Å². The molecule has 0 unspecified atom stereocenters. The zero-order valence-corrected chi connectivity index (χ0v) is 17.4. The van der Waals surface area contributed by atoms with E-state index in [1.165, 1.54) is 11.3 Å². The van der Waals surface area contributed by atoms with Gasteiger partial charge in [-0.05, 0) is 31.2 Å². The van der Waals surface area contributed by atoms with Crippen molar-refractivity contribution in [3.8, 4) is 0 Å². The van der Waals surface area contributed by atoms with Gasteiger partial charge in [-0.15, -0.1) is 0 Å². The molecule has 0 spiro atoms. The van der Waals surface area contributed by atoms with Gasteiger partial charge in [-0.25, -0.2) is 9.97 Å². The summed E-state index contributed by atoms with van der Waals surface area (Å²) in [5, 5.41) is 0. The Labute approximate surface area is 172 Å². The van der Waals surface area contributed by atoms with E-state index in [4.69, 9.17) is 0 Å². The number of likely N-dealkylation sites (N-methyl/N-ethyl adjacent to an activating group) is 1. The quantitative estimate of drug-likeness (QED) is 0.789. The minimum atomic E-state index is 0.0385. The third-order valence-electron chi connectivity index (χ3n) is 5.92. The lowest BCUT2D eigenvalue weighted by molar-refractivity contribution is 0.0642. The maximum Gasteiger partial charge on any atom is 0.257 e. The molecule has 0 atom stereocenters. The minimum absolute atomic E-state index is 0.0385. The van der Waals surface area contributed by atoms with Crippen LogP contribution >= 0.6 is 0 Å². The molecule has 2 fully saturated rings. The summed E-state index contributed by atoms with van der Waals surface area (Å²) in [6.07, 6.45) is 3.37. The zero-order valence-electron chi connectivity index (χ0n) is 17.4. The predicted octanol–water partition coefficient (Wildman–Crippen LogP) is 1.89. The number of aryl methyl sites for hydroxylation is 1. The average Bonchev–Trinajstić information content (AvgIpc) is 2.79. The van der Waals surface area contributed by atoms with Crippen molar-refractivity contribution >= 4 is 17.5 Å². The fourth-order valence-electron chi connectivity index (χ4n) is 4.03. The lowest BCUT2D eigenvalue weighted by Gasteiger charge is -2.36. The van der Waals surface area contributed by atoms with Crippen LogP contribution in [-0.2, 0) is 0 Å². The van der Waals surface area contributed by atoms with Crippen molar-refractivity contribution in [3.63, 3.8) is 0 Å². The monoisotopic (exact) mass is 394 g/mol. The lowest BCUT2D eigenvalue weighted by Crippen LogP contribution is -2.48. The highest BCUT2D eigenvalue weighted by Gasteiger charge is 2.23. The molecule has 2 aliphatic heterocycles. The summed E-state index contributed by atoms with van der Waals surface area (Å²) in [6, 6.07) is 8.63. The molecule has 1 aromatic heterocycles. The summed E-state index contributed by atoms with van der Waals surface area (Å²) in [4.78, 5) is 30.6. The number of amides is 1. The second-order valence-electron chi connectivity index (χ2n) is 7.81. The standard InChI is InChI=1S/C22H30N6O/c1-3-25-7-9-27(10-8-25)21(29)19-16-23-22(24-17-19)28-13-11-26(12-14-28)20-6-4-5-18(2)15-20/h4-6,15-17H,3,7-14H2,1-2H3. The van der Waals surface area contributed by atoms with Gasteiger partial charge in [-0.1, -0.05) is 19.1 Å². The predicted molar refractivity (Wildman–Crippen MR) is 116 cm³/mol. The molecule has 0 bridgehead atoms. The summed E-state index contributed by atoms with van der Waals surface area (Å²) in [7, 11) is 0. The van der Waals surface area contributed by atoms with Gasteiger partial charge in [0.2, 0.25) is 5.95 Å². The number of hydrogen-bond donors (Lipinski definition) is 0. The van der Waals surface area contributed by atoms with Crippen LogP contribution in [0.1, 0.15) is 22.8 Å². The molecule has 4 rings (SSSR count). The zero-order chi connectivity index (χ0) is 20.2. The molecule has 154 valence electrons. The van der Waals surface area contributed by atoms with Gasteiger partial charge < -0.3 is 19.6 Å². The van der Waals surface area contributed by atoms with Gasteiger partial charge in [0, 0.05) is 70.4 Å². The smallest absolute Gasteiger partial charge is 0.257 e. The first kappa shape index (κ1) is 19.6. The SMILES string of the molecule is CCN1CCN(C(=O)c2cnc(N3CCN(c4cccc(C)c4)CC3)nc2)CC1. The Morgan fingerprint density at radius 3 is 2.21 bits per heavy atom. The second kappa shape index (κ2) is 8.78. The molecular formula is C22H30N6O. The number of aromatic nitrogens is 2. The molecular weight excluding hydrogens is 364 g/mol.